The molecule has 172 valence electrons. The lowest BCUT2D eigenvalue weighted by molar-refractivity contribution is -0.119. The lowest BCUT2D eigenvalue weighted by atomic mass is 9.94. The van der Waals surface area contributed by atoms with E-state index in [9.17, 15) is 9.18 Å². The lowest BCUT2D eigenvalue weighted by Gasteiger charge is -2.22. The van der Waals surface area contributed by atoms with Crippen molar-refractivity contribution in [3.05, 3.63) is 113 Å². The molecule has 0 bridgehead atoms. The van der Waals surface area contributed by atoms with Gasteiger partial charge in [-0.05, 0) is 72.2 Å². The molecule has 5 heteroatoms. The number of carbonyl (C=O) groups excluding carboxylic acids is 1. The number of rotatable bonds is 6. The van der Waals surface area contributed by atoms with Gasteiger partial charge in [-0.25, -0.2) is 9.38 Å². The van der Waals surface area contributed by atoms with E-state index in [-0.39, 0.29) is 11.7 Å². The summed E-state index contributed by atoms with van der Waals surface area (Å²) in [5.74, 6) is 1.91. The number of amides is 1. The summed E-state index contributed by atoms with van der Waals surface area (Å²) in [5, 5.41) is 0. The Morgan fingerprint density at radius 2 is 1.79 bits per heavy atom. The zero-order valence-electron chi connectivity index (χ0n) is 19.3. The van der Waals surface area contributed by atoms with Crippen LogP contribution in [0.4, 0.5) is 4.39 Å². The van der Waals surface area contributed by atoms with Gasteiger partial charge in [-0.1, -0.05) is 49.4 Å². The number of furan rings is 1. The molecule has 1 aromatic heterocycles. The summed E-state index contributed by atoms with van der Waals surface area (Å²) < 4.78 is 19.7. The summed E-state index contributed by atoms with van der Waals surface area (Å²) in [5.41, 5.74) is 4.61. The van der Waals surface area contributed by atoms with Crippen LogP contribution in [-0.2, 0) is 24.1 Å². The van der Waals surface area contributed by atoms with Gasteiger partial charge in [-0.2, -0.15) is 0 Å². The molecule has 2 aliphatic heterocycles. The van der Waals surface area contributed by atoms with Gasteiger partial charge in [0.05, 0.1) is 6.42 Å². The highest BCUT2D eigenvalue weighted by Gasteiger charge is 2.33. The van der Waals surface area contributed by atoms with Crippen molar-refractivity contribution < 1.29 is 13.6 Å². The molecule has 34 heavy (non-hydrogen) atoms. The Kier molecular flexibility index (Phi) is 6.26. The molecule has 2 aliphatic rings. The SMILES string of the molecule is CCc1ccc(CC2=NC3=C(Cc4cccc(F)c4)CCCC(c4ccccc4)=CN3C2=O)o1. The Morgan fingerprint density at radius 1 is 0.971 bits per heavy atom. The van der Waals surface area contributed by atoms with Crippen molar-refractivity contribution in [3.8, 4) is 0 Å². The molecule has 4 nitrogen and oxygen atoms in total. The number of halogens is 1. The largest absolute Gasteiger partial charge is 0.466 e. The molecule has 0 unspecified atom stereocenters. The first-order valence-electron chi connectivity index (χ1n) is 11.8. The molecule has 5 rings (SSSR count). The normalized spacial score (nSPS) is 16.2. The smallest absolute Gasteiger partial charge is 0.278 e. The highest BCUT2D eigenvalue weighted by Crippen LogP contribution is 2.34. The summed E-state index contributed by atoms with van der Waals surface area (Å²) in [6.45, 7) is 2.04. The van der Waals surface area contributed by atoms with Gasteiger partial charge in [0.1, 0.15) is 28.9 Å². The third kappa shape index (κ3) is 4.65. The zero-order valence-corrected chi connectivity index (χ0v) is 19.3. The number of aryl methyl sites for hydroxylation is 1. The second-order valence-electron chi connectivity index (χ2n) is 8.74. The average Bonchev–Trinajstić information content (AvgIpc) is 3.41. The number of carbonyl (C=O) groups is 1. The van der Waals surface area contributed by atoms with Gasteiger partial charge in [0, 0.05) is 12.6 Å². The topological polar surface area (TPSA) is 45.8 Å². The van der Waals surface area contributed by atoms with Gasteiger partial charge in [-0.15, -0.1) is 0 Å². The van der Waals surface area contributed by atoms with Crippen LogP contribution < -0.4 is 0 Å². The van der Waals surface area contributed by atoms with E-state index in [2.05, 4.69) is 12.1 Å². The molecule has 0 atom stereocenters. The van der Waals surface area contributed by atoms with E-state index in [0.29, 0.717) is 24.4 Å². The highest BCUT2D eigenvalue weighted by molar-refractivity contribution is 6.41. The van der Waals surface area contributed by atoms with Gasteiger partial charge in [0.25, 0.3) is 5.91 Å². The predicted octanol–water partition coefficient (Wildman–Crippen LogP) is 6.49. The van der Waals surface area contributed by atoms with E-state index < -0.39 is 0 Å². The number of nitrogens with zero attached hydrogens (tertiary/aromatic N) is 2. The molecule has 1 amide bonds. The van der Waals surface area contributed by atoms with Crippen molar-refractivity contribution in [2.75, 3.05) is 0 Å². The number of fused-ring (bicyclic) bond motifs is 1. The van der Waals surface area contributed by atoms with E-state index in [4.69, 9.17) is 9.41 Å². The molecule has 0 aliphatic carbocycles. The Morgan fingerprint density at radius 3 is 2.56 bits per heavy atom. The van der Waals surface area contributed by atoms with Crippen molar-refractivity contribution in [3.63, 3.8) is 0 Å². The minimum absolute atomic E-state index is 0.128. The third-order valence-electron chi connectivity index (χ3n) is 6.32. The van der Waals surface area contributed by atoms with Crippen LogP contribution in [0.15, 0.2) is 93.7 Å². The van der Waals surface area contributed by atoms with Gasteiger partial charge in [-0.3, -0.25) is 9.69 Å². The van der Waals surface area contributed by atoms with E-state index in [1.165, 1.54) is 6.07 Å². The lowest BCUT2D eigenvalue weighted by Crippen LogP contribution is -2.27. The number of aliphatic imine (C=N–C) groups is 1. The van der Waals surface area contributed by atoms with Crippen LogP contribution in [0, 0.1) is 5.82 Å². The number of benzene rings is 2. The molecule has 0 saturated carbocycles. The van der Waals surface area contributed by atoms with Crippen LogP contribution >= 0.6 is 0 Å². The maximum absolute atomic E-state index is 13.8. The van der Waals surface area contributed by atoms with Gasteiger partial charge in [0.15, 0.2) is 0 Å². The molecular weight excluding hydrogens is 427 g/mol. The van der Waals surface area contributed by atoms with Gasteiger partial charge in [0.2, 0.25) is 0 Å². The van der Waals surface area contributed by atoms with Crippen LogP contribution in [-0.4, -0.2) is 16.5 Å². The van der Waals surface area contributed by atoms with Crippen molar-refractivity contribution in [2.45, 2.75) is 45.4 Å². The Labute approximate surface area is 199 Å². The number of hydrogen-bond acceptors (Lipinski definition) is 3. The summed E-state index contributed by atoms with van der Waals surface area (Å²) in [7, 11) is 0. The Hall–Kier alpha value is -3.73. The summed E-state index contributed by atoms with van der Waals surface area (Å²) in [4.78, 5) is 20.0. The molecule has 3 heterocycles. The van der Waals surface area contributed by atoms with Crippen LogP contribution in [0.3, 0.4) is 0 Å². The van der Waals surface area contributed by atoms with Crippen molar-refractivity contribution in [1.29, 1.82) is 0 Å². The summed E-state index contributed by atoms with van der Waals surface area (Å²) in [6, 6.07) is 20.7. The Balaban J connectivity index is 1.55. The molecule has 0 N–H and O–H groups in total. The second kappa shape index (κ2) is 9.64. The second-order valence-corrected chi connectivity index (χ2v) is 8.74. The van der Waals surface area contributed by atoms with E-state index in [1.807, 2.05) is 49.5 Å². The summed E-state index contributed by atoms with van der Waals surface area (Å²) >= 11 is 0. The van der Waals surface area contributed by atoms with E-state index >= 15 is 0 Å². The number of allylic oxidation sites excluding steroid dienone is 2. The fourth-order valence-corrected chi connectivity index (χ4v) is 4.58. The minimum atomic E-state index is -0.256. The molecule has 0 spiro atoms. The number of hydrogen-bond donors (Lipinski definition) is 0. The zero-order chi connectivity index (χ0) is 23.5. The fraction of sp³-hybridized carbons (Fsp3) is 0.241. The molecule has 0 saturated heterocycles. The molecule has 0 fully saturated rings. The van der Waals surface area contributed by atoms with Gasteiger partial charge < -0.3 is 4.42 Å². The van der Waals surface area contributed by atoms with Crippen molar-refractivity contribution in [1.82, 2.24) is 4.90 Å². The van der Waals surface area contributed by atoms with E-state index in [0.717, 1.165) is 59.5 Å². The maximum Gasteiger partial charge on any atom is 0.278 e. The molecule has 3 aromatic rings. The van der Waals surface area contributed by atoms with Crippen LogP contribution in [0.2, 0.25) is 0 Å². The average molecular weight is 455 g/mol. The maximum atomic E-state index is 13.8. The van der Waals surface area contributed by atoms with Crippen LogP contribution in [0.25, 0.3) is 5.57 Å². The quantitative estimate of drug-likeness (QED) is 0.428. The first-order chi connectivity index (χ1) is 16.6. The predicted molar refractivity (Wildman–Crippen MR) is 131 cm³/mol. The van der Waals surface area contributed by atoms with Crippen LogP contribution in [0.1, 0.15) is 48.8 Å². The molecule has 0 radical (unpaired) electrons. The first kappa shape index (κ1) is 22.1. The standard InChI is InChI=1S/C29H27FN2O2/c1-2-25-14-15-26(34-25)18-27-29(33)32-19-23(21-9-4-3-5-10-21)12-7-11-22(28(32)31-27)16-20-8-6-13-24(30)17-20/h3-6,8-10,13-15,17,19H,2,7,11-12,16,18H2,1H3. The highest BCUT2D eigenvalue weighted by atomic mass is 19.1. The summed E-state index contributed by atoms with van der Waals surface area (Å²) in [6.07, 6.45) is 6.22. The minimum Gasteiger partial charge on any atom is -0.466 e. The Bertz CT molecular complexity index is 1300. The fourth-order valence-electron chi connectivity index (χ4n) is 4.58. The van der Waals surface area contributed by atoms with Crippen molar-refractivity contribution in [2.24, 2.45) is 4.99 Å². The third-order valence-corrected chi connectivity index (χ3v) is 6.32. The molecule has 2 aromatic carbocycles. The molecular formula is C29H27FN2O2. The first-order valence-corrected chi connectivity index (χ1v) is 11.8. The monoisotopic (exact) mass is 454 g/mol. The van der Waals surface area contributed by atoms with Crippen LogP contribution in [0.5, 0.6) is 0 Å². The van der Waals surface area contributed by atoms with Gasteiger partial charge >= 0.3 is 0 Å². The van der Waals surface area contributed by atoms with E-state index in [1.54, 1.807) is 17.0 Å². The van der Waals surface area contributed by atoms with Crippen molar-refractivity contribution >= 4 is 17.2 Å².